The van der Waals surface area contributed by atoms with Gasteiger partial charge in [-0.25, -0.2) is 8.42 Å². The van der Waals surface area contributed by atoms with Crippen LogP contribution in [0, 0.1) is 5.92 Å². The van der Waals surface area contributed by atoms with Gasteiger partial charge in [0, 0.05) is 32.9 Å². The Morgan fingerprint density at radius 1 is 1.23 bits per heavy atom. The molecule has 1 saturated carbocycles. The van der Waals surface area contributed by atoms with Crippen molar-refractivity contribution >= 4 is 10.0 Å². The fourth-order valence-electron chi connectivity index (χ4n) is 2.96. The van der Waals surface area contributed by atoms with Crippen LogP contribution in [0.1, 0.15) is 32.1 Å². The van der Waals surface area contributed by atoms with Gasteiger partial charge in [0.1, 0.15) is 4.90 Å². The molecule has 1 aliphatic rings. The van der Waals surface area contributed by atoms with E-state index < -0.39 is 10.0 Å². The quantitative estimate of drug-likeness (QED) is 0.762. The Labute approximate surface area is 134 Å². The molecule has 0 spiro atoms. The average Bonchev–Trinajstić information content (AvgIpc) is 2.91. The summed E-state index contributed by atoms with van der Waals surface area (Å²) in [5, 5.41) is 4.01. The van der Waals surface area contributed by atoms with Crippen LogP contribution in [0.4, 0.5) is 0 Å². The normalized spacial score (nSPS) is 17.5. The van der Waals surface area contributed by atoms with Crippen molar-refractivity contribution in [3.63, 3.8) is 0 Å². The Kier molecular flexibility index (Phi) is 6.00. The standard InChI is InChI=1S/C15H28N4O2S/c1-17(2)9-10-19(12-14-7-5-4-6-8-14)22(20,21)15-11-16-18(3)13-15/h11,13-14H,4-10,12H2,1-3H3. The van der Waals surface area contributed by atoms with Crippen LogP contribution in [-0.2, 0) is 17.1 Å². The van der Waals surface area contributed by atoms with E-state index in [1.807, 2.05) is 19.0 Å². The van der Waals surface area contributed by atoms with Crippen molar-refractivity contribution in [3.05, 3.63) is 12.4 Å². The van der Waals surface area contributed by atoms with Crippen LogP contribution in [0.25, 0.3) is 0 Å². The molecule has 0 bridgehead atoms. The van der Waals surface area contributed by atoms with E-state index in [4.69, 9.17) is 0 Å². The number of aryl methyl sites for hydroxylation is 1. The highest BCUT2D eigenvalue weighted by Gasteiger charge is 2.28. The minimum Gasteiger partial charge on any atom is -0.308 e. The van der Waals surface area contributed by atoms with Crippen LogP contribution >= 0.6 is 0 Å². The smallest absolute Gasteiger partial charge is 0.246 e. The lowest BCUT2D eigenvalue weighted by molar-refractivity contribution is 0.261. The third-order valence-corrected chi connectivity index (χ3v) is 6.12. The lowest BCUT2D eigenvalue weighted by Crippen LogP contribution is -2.40. The number of rotatable bonds is 7. The Balaban J connectivity index is 2.14. The molecule has 0 amide bonds. The SMILES string of the molecule is CN(C)CCN(CC1CCCCC1)S(=O)(=O)c1cnn(C)c1. The molecule has 6 nitrogen and oxygen atoms in total. The summed E-state index contributed by atoms with van der Waals surface area (Å²) >= 11 is 0. The highest BCUT2D eigenvalue weighted by molar-refractivity contribution is 7.89. The fraction of sp³-hybridized carbons (Fsp3) is 0.800. The van der Waals surface area contributed by atoms with Gasteiger partial charge in [0.25, 0.3) is 0 Å². The lowest BCUT2D eigenvalue weighted by Gasteiger charge is -2.29. The number of likely N-dealkylation sites (N-methyl/N-ethyl adjacent to an activating group) is 1. The first kappa shape index (κ1) is 17.4. The molecule has 22 heavy (non-hydrogen) atoms. The average molecular weight is 328 g/mol. The van der Waals surface area contributed by atoms with Gasteiger partial charge in [-0.2, -0.15) is 9.40 Å². The van der Waals surface area contributed by atoms with E-state index in [0.717, 1.165) is 19.4 Å². The van der Waals surface area contributed by atoms with Gasteiger partial charge in [-0.05, 0) is 32.9 Å². The zero-order valence-electron chi connectivity index (χ0n) is 13.9. The van der Waals surface area contributed by atoms with Gasteiger partial charge in [0.2, 0.25) is 10.0 Å². The molecule has 126 valence electrons. The number of sulfonamides is 1. The third kappa shape index (κ3) is 4.54. The second-order valence-electron chi connectivity index (χ2n) is 6.52. The molecule has 0 N–H and O–H groups in total. The van der Waals surface area contributed by atoms with Crippen LogP contribution in [0.15, 0.2) is 17.3 Å². The van der Waals surface area contributed by atoms with Gasteiger partial charge in [-0.3, -0.25) is 4.68 Å². The molecule has 0 aromatic carbocycles. The number of hydrogen-bond donors (Lipinski definition) is 0. The Morgan fingerprint density at radius 2 is 1.91 bits per heavy atom. The summed E-state index contributed by atoms with van der Waals surface area (Å²) in [4.78, 5) is 2.32. The van der Waals surface area contributed by atoms with Crippen molar-refractivity contribution in [2.45, 2.75) is 37.0 Å². The number of nitrogens with zero attached hydrogens (tertiary/aromatic N) is 4. The molecular weight excluding hydrogens is 300 g/mol. The van der Waals surface area contributed by atoms with Gasteiger partial charge >= 0.3 is 0 Å². The second kappa shape index (κ2) is 7.57. The first-order valence-electron chi connectivity index (χ1n) is 8.03. The van der Waals surface area contributed by atoms with Crippen LogP contribution in [0.3, 0.4) is 0 Å². The van der Waals surface area contributed by atoms with Gasteiger partial charge in [-0.1, -0.05) is 19.3 Å². The summed E-state index contributed by atoms with van der Waals surface area (Å²) in [5.41, 5.74) is 0. The van der Waals surface area contributed by atoms with Crippen molar-refractivity contribution in [2.75, 3.05) is 33.7 Å². The molecule has 2 rings (SSSR count). The maximum absolute atomic E-state index is 12.9. The summed E-state index contributed by atoms with van der Waals surface area (Å²) in [6, 6.07) is 0. The van der Waals surface area contributed by atoms with Gasteiger partial charge in [0.15, 0.2) is 0 Å². The number of hydrogen-bond acceptors (Lipinski definition) is 4. The summed E-state index contributed by atoms with van der Waals surface area (Å²) in [5.74, 6) is 0.488. The van der Waals surface area contributed by atoms with E-state index in [9.17, 15) is 8.42 Å². The third-order valence-electron chi connectivity index (χ3n) is 4.30. The maximum Gasteiger partial charge on any atom is 0.246 e. The molecule has 0 atom stereocenters. The van der Waals surface area contributed by atoms with E-state index in [-0.39, 0.29) is 0 Å². The van der Waals surface area contributed by atoms with E-state index in [2.05, 4.69) is 5.10 Å². The summed E-state index contributed by atoms with van der Waals surface area (Å²) in [6.07, 6.45) is 9.03. The molecule has 0 radical (unpaired) electrons. The molecule has 1 aromatic rings. The predicted octanol–water partition coefficient (Wildman–Crippen LogP) is 1.55. The van der Waals surface area contributed by atoms with E-state index in [0.29, 0.717) is 23.9 Å². The molecule has 0 saturated heterocycles. The predicted molar refractivity (Wildman–Crippen MR) is 87.1 cm³/mol. The zero-order chi connectivity index (χ0) is 16.2. The Morgan fingerprint density at radius 3 is 2.45 bits per heavy atom. The van der Waals surface area contributed by atoms with Gasteiger partial charge < -0.3 is 4.90 Å². The van der Waals surface area contributed by atoms with Crippen molar-refractivity contribution < 1.29 is 8.42 Å². The van der Waals surface area contributed by atoms with Crippen LogP contribution in [0.5, 0.6) is 0 Å². The van der Waals surface area contributed by atoms with Gasteiger partial charge in [0.05, 0.1) is 6.20 Å². The molecule has 1 heterocycles. The molecule has 1 aromatic heterocycles. The molecule has 7 heteroatoms. The monoisotopic (exact) mass is 328 g/mol. The zero-order valence-corrected chi connectivity index (χ0v) is 14.7. The van der Waals surface area contributed by atoms with Crippen LogP contribution in [-0.4, -0.2) is 61.1 Å². The molecule has 1 aliphatic carbocycles. The topological polar surface area (TPSA) is 58.4 Å². The van der Waals surface area contributed by atoms with Crippen molar-refractivity contribution in [1.82, 2.24) is 19.0 Å². The lowest BCUT2D eigenvalue weighted by atomic mass is 9.89. The van der Waals surface area contributed by atoms with E-state index in [1.54, 1.807) is 17.5 Å². The fourth-order valence-corrected chi connectivity index (χ4v) is 4.45. The summed E-state index contributed by atoms with van der Waals surface area (Å²) in [6.45, 7) is 1.89. The van der Waals surface area contributed by atoms with Crippen molar-refractivity contribution in [2.24, 2.45) is 13.0 Å². The minimum absolute atomic E-state index is 0.296. The molecule has 1 fully saturated rings. The van der Waals surface area contributed by atoms with E-state index in [1.165, 1.54) is 30.1 Å². The molecule has 0 unspecified atom stereocenters. The Hall–Kier alpha value is -0.920. The van der Waals surface area contributed by atoms with Gasteiger partial charge in [-0.15, -0.1) is 0 Å². The minimum atomic E-state index is -3.45. The first-order valence-corrected chi connectivity index (χ1v) is 9.47. The molecule has 0 aliphatic heterocycles. The number of aromatic nitrogens is 2. The van der Waals surface area contributed by atoms with Crippen LogP contribution < -0.4 is 0 Å². The first-order chi connectivity index (χ1) is 10.4. The highest BCUT2D eigenvalue weighted by atomic mass is 32.2. The van der Waals surface area contributed by atoms with Crippen molar-refractivity contribution in [1.29, 1.82) is 0 Å². The molecular formula is C15H28N4O2S. The Bertz CT molecular complexity index is 562. The summed E-state index contributed by atoms with van der Waals surface area (Å²) < 4.78 is 29.0. The largest absolute Gasteiger partial charge is 0.308 e. The second-order valence-corrected chi connectivity index (χ2v) is 8.46. The highest BCUT2D eigenvalue weighted by Crippen LogP contribution is 2.26. The van der Waals surface area contributed by atoms with Crippen LogP contribution in [0.2, 0.25) is 0 Å². The summed E-state index contributed by atoms with van der Waals surface area (Å²) in [7, 11) is 2.22. The van der Waals surface area contributed by atoms with Crippen molar-refractivity contribution in [3.8, 4) is 0 Å². The van der Waals surface area contributed by atoms with E-state index >= 15 is 0 Å². The maximum atomic E-state index is 12.9.